The number of nitrogens with zero attached hydrogens (tertiary/aromatic N) is 4. The molecule has 2 rings (SSSR count). The Morgan fingerprint density at radius 2 is 1.43 bits per heavy atom. The lowest BCUT2D eigenvalue weighted by Gasteiger charge is -1.91. The molecule has 0 saturated heterocycles. The third-order valence-electron chi connectivity index (χ3n) is 1.57. The second-order valence-corrected chi connectivity index (χ2v) is 2.42. The quantitative estimate of drug-likeness (QED) is 0.568. The molecule has 0 fully saturated rings. The van der Waals surface area contributed by atoms with Gasteiger partial charge >= 0.3 is 5.69 Å². The van der Waals surface area contributed by atoms with Crippen LogP contribution in [0.5, 0.6) is 0 Å². The fourth-order valence-corrected chi connectivity index (χ4v) is 1.01. The van der Waals surface area contributed by atoms with Gasteiger partial charge in [-0.3, -0.25) is 9.97 Å². The van der Waals surface area contributed by atoms with Gasteiger partial charge in [-0.2, -0.15) is 10.5 Å². The van der Waals surface area contributed by atoms with Gasteiger partial charge in [0.15, 0.2) is 22.7 Å². The molecule has 0 radical (unpaired) electrons. The molecule has 66 valence electrons. The Morgan fingerprint density at radius 3 is 1.79 bits per heavy atom. The summed E-state index contributed by atoms with van der Waals surface area (Å²) in [4.78, 5) is 23.0. The van der Waals surface area contributed by atoms with E-state index in [0.29, 0.717) is 0 Å². The lowest BCUT2D eigenvalue weighted by atomic mass is 10.3. The first-order chi connectivity index (χ1) is 6.74. The lowest BCUT2D eigenvalue weighted by Crippen LogP contribution is -1.99. The van der Waals surface area contributed by atoms with Crippen molar-refractivity contribution in [2.24, 2.45) is 0 Å². The first-order valence-corrected chi connectivity index (χ1v) is 3.55. The summed E-state index contributed by atoms with van der Waals surface area (Å²) in [6.07, 6.45) is 0. The maximum atomic E-state index is 10.8. The fraction of sp³-hybridized carbons (Fsp3) is 0. The number of nitrogens with one attached hydrogen (secondary N) is 2. The molecule has 0 aliphatic heterocycles. The van der Waals surface area contributed by atoms with E-state index in [1.807, 2.05) is 0 Å². The van der Waals surface area contributed by atoms with E-state index >= 15 is 0 Å². The van der Waals surface area contributed by atoms with Gasteiger partial charge in [-0.05, 0) is 0 Å². The van der Waals surface area contributed by atoms with E-state index in [4.69, 9.17) is 10.5 Å². The molecular weight excluding hydrogens is 184 g/mol. The van der Waals surface area contributed by atoms with Crippen LogP contribution in [0.2, 0.25) is 0 Å². The van der Waals surface area contributed by atoms with Gasteiger partial charge in [0.2, 0.25) is 0 Å². The summed E-state index contributed by atoms with van der Waals surface area (Å²) in [6, 6.07) is 3.43. The summed E-state index contributed by atoms with van der Waals surface area (Å²) in [7, 11) is 0. The topological polar surface area (TPSA) is 122 Å². The molecule has 0 aliphatic rings. The van der Waals surface area contributed by atoms with Crippen molar-refractivity contribution in [1.29, 1.82) is 10.5 Å². The van der Waals surface area contributed by atoms with Crippen LogP contribution in [0.25, 0.3) is 11.3 Å². The smallest absolute Gasteiger partial charge is 0.289 e. The first kappa shape index (κ1) is 7.95. The molecule has 2 heterocycles. The van der Waals surface area contributed by atoms with Crippen LogP contribution in [-0.4, -0.2) is 19.9 Å². The predicted octanol–water partition coefficient (Wildman–Crippen LogP) is -0.610. The van der Waals surface area contributed by atoms with Crippen molar-refractivity contribution < 1.29 is 0 Å². The van der Waals surface area contributed by atoms with E-state index in [9.17, 15) is 4.79 Å². The highest BCUT2D eigenvalue weighted by atomic mass is 16.1. The largest absolute Gasteiger partial charge is 0.326 e. The van der Waals surface area contributed by atoms with Gasteiger partial charge in [-0.1, -0.05) is 0 Å². The Labute approximate surface area is 76.7 Å². The van der Waals surface area contributed by atoms with Crippen molar-refractivity contribution >= 4 is 11.3 Å². The Morgan fingerprint density at radius 1 is 1.00 bits per heavy atom. The van der Waals surface area contributed by atoms with Crippen LogP contribution in [0.3, 0.4) is 0 Å². The molecule has 0 spiro atoms. The normalized spacial score (nSPS) is 9.57. The Bertz CT molecular complexity index is 583. The summed E-state index contributed by atoms with van der Waals surface area (Å²) in [5.74, 6) is 0. The molecule has 2 aromatic rings. The van der Waals surface area contributed by atoms with Crippen molar-refractivity contribution in [3.8, 4) is 12.1 Å². The average Bonchev–Trinajstić information content (AvgIpc) is 2.54. The van der Waals surface area contributed by atoms with E-state index < -0.39 is 5.69 Å². The van der Waals surface area contributed by atoms with Crippen LogP contribution in [-0.2, 0) is 0 Å². The van der Waals surface area contributed by atoms with E-state index in [1.54, 1.807) is 12.1 Å². The van der Waals surface area contributed by atoms with Crippen LogP contribution in [0.15, 0.2) is 4.79 Å². The van der Waals surface area contributed by atoms with Crippen LogP contribution < -0.4 is 5.69 Å². The standard InChI is InChI=1S/C7H2N6O/c8-1-3-4(2-9)11-6-5(10-3)12-7(14)13-6/h(H2,10,11,12,13,14). The van der Waals surface area contributed by atoms with Crippen LogP contribution >= 0.6 is 0 Å². The zero-order valence-electron chi connectivity index (χ0n) is 6.70. The summed E-state index contributed by atoms with van der Waals surface area (Å²) in [6.45, 7) is 0. The molecule has 7 nitrogen and oxygen atoms in total. The molecule has 0 saturated carbocycles. The van der Waals surface area contributed by atoms with Gasteiger partial charge in [-0.25, -0.2) is 14.8 Å². The molecule has 0 aliphatic carbocycles. The third kappa shape index (κ3) is 1.01. The van der Waals surface area contributed by atoms with E-state index in [0.717, 1.165) is 0 Å². The Hall–Kier alpha value is -2.67. The monoisotopic (exact) mass is 186 g/mol. The molecule has 0 amide bonds. The molecule has 2 aromatic heterocycles. The highest BCUT2D eigenvalue weighted by molar-refractivity contribution is 5.66. The fourth-order valence-electron chi connectivity index (χ4n) is 1.01. The molecule has 0 unspecified atom stereocenters. The van der Waals surface area contributed by atoms with Crippen LogP contribution in [0.4, 0.5) is 0 Å². The number of fused-ring (bicyclic) bond motifs is 1. The summed E-state index contributed by atoms with van der Waals surface area (Å²) < 4.78 is 0. The van der Waals surface area contributed by atoms with E-state index in [2.05, 4.69) is 19.9 Å². The zero-order valence-corrected chi connectivity index (χ0v) is 6.70. The SMILES string of the molecule is N#Cc1nc2[nH]c(=O)[nH]c2nc1C#N. The number of aromatic nitrogens is 4. The molecule has 0 atom stereocenters. The minimum Gasteiger partial charge on any atom is -0.289 e. The van der Waals surface area contributed by atoms with E-state index in [-0.39, 0.29) is 22.7 Å². The second-order valence-electron chi connectivity index (χ2n) is 2.42. The van der Waals surface area contributed by atoms with Crippen molar-refractivity contribution in [1.82, 2.24) is 19.9 Å². The van der Waals surface area contributed by atoms with Crippen molar-refractivity contribution in [3.05, 3.63) is 21.9 Å². The minimum absolute atomic E-state index is 0.102. The van der Waals surface area contributed by atoms with Crippen molar-refractivity contribution in [3.63, 3.8) is 0 Å². The average molecular weight is 186 g/mol. The summed E-state index contributed by atoms with van der Waals surface area (Å²) >= 11 is 0. The van der Waals surface area contributed by atoms with Gasteiger partial charge < -0.3 is 0 Å². The summed E-state index contributed by atoms with van der Waals surface area (Å²) in [5.41, 5.74) is -0.333. The van der Waals surface area contributed by atoms with Gasteiger partial charge in [0.1, 0.15) is 12.1 Å². The highest BCUT2D eigenvalue weighted by Gasteiger charge is 2.09. The number of rotatable bonds is 0. The van der Waals surface area contributed by atoms with Crippen LogP contribution in [0, 0.1) is 22.7 Å². The second kappa shape index (κ2) is 2.68. The van der Waals surface area contributed by atoms with Crippen molar-refractivity contribution in [2.45, 2.75) is 0 Å². The lowest BCUT2D eigenvalue weighted by molar-refractivity contribution is 1.17. The molecule has 2 N–H and O–H groups in total. The van der Waals surface area contributed by atoms with Gasteiger partial charge in [-0.15, -0.1) is 0 Å². The van der Waals surface area contributed by atoms with Crippen LogP contribution in [0.1, 0.15) is 11.4 Å². The van der Waals surface area contributed by atoms with Crippen molar-refractivity contribution in [2.75, 3.05) is 0 Å². The van der Waals surface area contributed by atoms with Gasteiger partial charge in [0, 0.05) is 0 Å². The maximum absolute atomic E-state index is 10.8. The Kier molecular flexibility index (Phi) is 1.52. The summed E-state index contributed by atoms with van der Waals surface area (Å²) in [5, 5.41) is 17.2. The number of nitriles is 2. The first-order valence-electron chi connectivity index (χ1n) is 3.55. The zero-order chi connectivity index (χ0) is 10.1. The van der Waals surface area contributed by atoms with E-state index in [1.165, 1.54) is 0 Å². The number of H-pyrrole nitrogens is 2. The molecular formula is C7H2N6O. The minimum atomic E-state index is -0.473. The number of aromatic amines is 2. The Balaban J connectivity index is 2.91. The molecule has 14 heavy (non-hydrogen) atoms. The molecule has 0 aromatic carbocycles. The predicted molar refractivity (Wildman–Crippen MR) is 43.9 cm³/mol. The molecule has 7 heteroatoms. The third-order valence-corrected chi connectivity index (χ3v) is 1.57. The number of imidazole rings is 1. The van der Waals surface area contributed by atoms with Gasteiger partial charge in [0.25, 0.3) is 0 Å². The number of hydrogen-bond acceptors (Lipinski definition) is 5. The maximum Gasteiger partial charge on any atom is 0.326 e. The highest BCUT2D eigenvalue weighted by Crippen LogP contribution is 2.05. The van der Waals surface area contributed by atoms with Gasteiger partial charge in [0.05, 0.1) is 0 Å². The molecule has 0 bridgehead atoms. The number of hydrogen-bond donors (Lipinski definition) is 2.